The average molecular weight is 338 g/mol. The van der Waals surface area contributed by atoms with E-state index in [1.165, 1.54) is 0 Å². The third-order valence-electron chi connectivity index (χ3n) is 4.79. The van der Waals surface area contributed by atoms with Gasteiger partial charge in [0.1, 0.15) is 6.10 Å². The van der Waals surface area contributed by atoms with Crippen molar-refractivity contribution in [3.05, 3.63) is 65.5 Å². The van der Waals surface area contributed by atoms with E-state index in [-0.39, 0.29) is 23.5 Å². The predicted octanol–water partition coefficient (Wildman–Crippen LogP) is 4.02. The zero-order chi connectivity index (χ0) is 18.0. The number of benzene rings is 1. The number of ether oxygens (including phenoxy) is 1. The van der Waals surface area contributed by atoms with Crippen LogP contribution >= 0.6 is 0 Å². The Bertz CT molecular complexity index is 737. The van der Waals surface area contributed by atoms with E-state index < -0.39 is 0 Å². The Hall–Kier alpha value is -2.20. The summed E-state index contributed by atoms with van der Waals surface area (Å²) in [4.78, 5) is 19.1. The lowest BCUT2D eigenvalue weighted by atomic mass is 9.87. The largest absolute Gasteiger partial charge is 0.366 e. The highest BCUT2D eigenvalue weighted by atomic mass is 16.5. The lowest BCUT2D eigenvalue weighted by Gasteiger charge is -2.43. The fourth-order valence-electron chi connectivity index (χ4n) is 3.11. The van der Waals surface area contributed by atoms with Gasteiger partial charge in [-0.05, 0) is 29.5 Å². The Balaban J connectivity index is 1.90. The van der Waals surface area contributed by atoms with Gasteiger partial charge in [0.25, 0.3) is 5.91 Å². The van der Waals surface area contributed by atoms with Crippen molar-refractivity contribution < 1.29 is 9.53 Å². The number of aromatic nitrogens is 1. The first-order valence-electron chi connectivity index (χ1n) is 8.76. The third-order valence-corrected chi connectivity index (χ3v) is 4.79. The van der Waals surface area contributed by atoms with Crippen LogP contribution in [0.3, 0.4) is 0 Å². The van der Waals surface area contributed by atoms with Crippen molar-refractivity contribution in [2.75, 3.05) is 13.1 Å². The van der Waals surface area contributed by atoms with E-state index in [0.717, 1.165) is 11.1 Å². The molecule has 0 N–H and O–H groups in total. The van der Waals surface area contributed by atoms with Crippen molar-refractivity contribution in [1.29, 1.82) is 0 Å². The second-order valence-corrected chi connectivity index (χ2v) is 7.79. The summed E-state index contributed by atoms with van der Waals surface area (Å²) in [5.74, 6) is 0.0316. The van der Waals surface area contributed by atoms with Crippen molar-refractivity contribution in [1.82, 2.24) is 9.88 Å². The molecule has 4 nitrogen and oxygen atoms in total. The summed E-state index contributed by atoms with van der Waals surface area (Å²) in [6, 6.07) is 12.0. The zero-order valence-corrected chi connectivity index (χ0v) is 15.4. The molecule has 0 radical (unpaired) electrons. The fraction of sp³-hybridized carbons (Fsp3) is 0.429. The van der Waals surface area contributed by atoms with Crippen molar-refractivity contribution in [3.8, 4) is 0 Å². The number of morpholine rings is 1. The van der Waals surface area contributed by atoms with Crippen LogP contribution in [0.25, 0.3) is 0 Å². The molecule has 0 spiro atoms. The summed E-state index contributed by atoms with van der Waals surface area (Å²) >= 11 is 0. The lowest BCUT2D eigenvalue weighted by Crippen LogP contribution is -2.51. The van der Waals surface area contributed by atoms with Gasteiger partial charge in [-0.3, -0.25) is 9.78 Å². The minimum Gasteiger partial charge on any atom is -0.366 e. The molecule has 4 heteroatoms. The molecular formula is C21H26N2O2. The highest BCUT2D eigenvalue weighted by Gasteiger charge is 2.37. The number of amides is 1. The maximum atomic E-state index is 13.1. The van der Waals surface area contributed by atoms with E-state index in [9.17, 15) is 4.79 Å². The van der Waals surface area contributed by atoms with E-state index in [1.54, 1.807) is 12.4 Å². The smallest absolute Gasteiger partial charge is 0.255 e. The number of hydrogen-bond donors (Lipinski definition) is 0. The first-order valence-corrected chi connectivity index (χ1v) is 8.76. The zero-order valence-electron chi connectivity index (χ0n) is 15.4. The first kappa shape index (κ1) is 17.6. The first-order chi connectivity index (χ1) is 11.9. The fourth-order valence-corrected chi connectivity index (χ4v) is 3.11. The standard InChI is InChI=1S/C21H26N2O2/c1-15-10-11-22-12-17(15)20(24)23-13-18(16-8-6-5-7-9-16)25-19(14-23)21(2,3)4/h5-12,18-19H,13-14H2,1-4H3/t18-,19+/m0/s1. The van der Waals surface area contributed by atoms with Crippen LogP contribution in [0.5, 0.6) is 0 Å². The Morgan fingerprint density at radius 2 is 1.88 bits per heavy atom. The Labute approximate surface area is 149 Å². The van der Waals surface area contributed by atoms with Gasteiger partial charge in [-0.2, -0.15) is 0 Å². The van der Waals surface area contributed by atoms with Crippen molar-refractivity contribution in [2.45, 2.75) is 39.9 Å². The molecule has 132 valence electrons. The van der Waals surface area contributed by atoms with Gasteiger partial charge < -0.3 is 9.64 Å². The SMILES string of the molecule is Cc1ccncc1C(=O)N1C[C@@H](c2ccccc2)O[C@@H](C(C)(C)C)C1. The Kier molecular flexibility index (Phi) is 4.91. The Morgan fingerprint density at radius 1 is 1.16 bits per heavy atom. The third kappa shape index (κ3) is 3.90. The van der Waals surface area contributed by atoms with Crippen LogP contribution in [-0.4, -0.2) is 35.0 Å². The van der Waals surface area contributed by atoms with Gasteiger partial charge in [0, 0.05) is 18.9 Å². The minimum absolute atomic E-state index is 0.0209. The van der Waals surface area contributed by atoms with Gasteiger partial charge in [-0.25, -0.2) is 0 Å². The molecule has 1 aliphatic rings. The molecule has 1 fully saturated rings. The van der Waals surface area contributed by atoms with Crippen LogP contribution < -0.4 is 0 Å². The van der Waals surface area contributed by atoms with E-state index in [4.69, 9.17) is 4.74 Å². The Morgan fingerprint density at radius 3 is 2.52 bits per heavy atom. The number of aryl methyl sites for hydroxylation is 1. The monoisotopic (exact) mass is 338 g/mol. The van der Waals surface area contributed by atoms with Gasteiger partial charge >= 0.3 is 0 Å². The van der Waals surface area contributed by atoms with E-state index in [2.05, 4.69) is 37.9 Å². The molecular weight excluding hydrogens is 312 g/mol. The van der Waals surface area contributed by atoms with Crippen LogP contribution in [0.4, 0.5) is 0 Å². The lowest BCUT2D eigenvalue weighted by molar-refractivity contribution is -0.119. The van der Waals surface area contributed by atoms with Crippen LogP contribution in [0, 0.1) is 12.3 Å². The van der Waals surface area contributed by atoms with Crippen LogP contribution in [0.2, 0.25) is 0 Å². The summed E-state index contributed by atoms with van der Waals surface area (Å²) < 4.78 is 6.37. The van der Waals surface area contributed by atoms with Crippen LogP contribution in [0.1, 0.15) is 48.4 Å². The normalized spacial score (nSPS) is 21.2. The molecule has 1 amide bonds. The molecule has 2 aromatic rings. The predicted molar refractivity (Wildman–Crippen MR) is 98.4 cm³/mol. The summed E-state index contributed by atoms with van der Waals surface area (Å²) in [7, 11) is 0. The van der Waals surface area contributed by atoms with Crippen LogP contribution in [0.15, 0.2) is 48.8 Å². The summed E-state index contributed by atoms with van der Waals surface area (Å²) in [6.07, 6.45) is 3.25. The van der Waals surface area contributed by atoms with Crippen LogP contribution in [-0.2, 0) is 4.74 Å². The molecule has 0 aliphatic carbocycles. The van der Waals surface area contributed by atoms with Gasteiger partial charge in [-0.1, -0.05) is 51.1 Å². The molecule has 0 bridgehead atoms. The second kappa shape index (κ2) is 6.96. The number of hydrogen-bond acceptors (Lipinski definition) is 3. The highest BCUT2D eigenvalue weighted by Crippen LogP contribution is 2.34. The topological polar surface area (TPSA) is 42.4 Å². The number of carbonyl (C=O) groups excluding carboxylic acids is 1. The van der Waals surface area contributed by atoms with E-state index in [1.807, 2.05) is 36.1 Å². The molecule has 0 saturated carbocycles. The van der Waals surface area contributed by atoms with Gasteiger partial charge in [0.05, 0.1) is 18.2 Å². The molecule has 2 atom stereocenters. The molecule has 2 heterocycles. The minimum atomic E-state index is -0.111. The molecule has 1 aromatic carbocycles. The number of rotatable bonds is 2. The molecule has 0 unspecified atom stereocenters. The summed E-state index contributed by atoms with van der Waals surface area (Å²) in [5.41, 5.74) is 2.69. The van der Waals surface area contributed by atoms with Gasteiger partial charge in [-0.15, -0.1) is 0 Å². The molecule has 1 saturated heterocycles. The second-order valence-electron chi connectivity index (χ2n) is 7.79. The maximum absolute atomic E-state index is 13.1. The van der Waals surface area contributed by atoms with Crippen molar-refractivity contribution in [3.63, 3.8) is 0 Å². The van der Waals surface area contributed by atoms with Crippen molar-refractivity contribution in [2.24, 2.45) is 5.41 Å². The molecule has 25 heavy (non-hydrogen) atoms. The number of nitrogens with zero attached hydrogens (tertiary/aromatic N) is 2. The summed E-state index contributed by atoms with van der Waals surface area (Å²) in [5, 5.41) is 0. The maximum Gasteiger partial charge on any atom is 0.255 e. The van der Waals surface area contributed by atoms with Crippen molar-refractivity contribution >= 4 is 5.91 Å². The highest BCUT2D eigenvalue weighted by molar-refractivity contribution is 5.95. The summed E-state index contributed by atoms with van der Waals surface area (Å²) in [6.45, 7) is 9.57. The van der Waals surface area contributed by atoms with E-state index >= 15 is 0 Å². The number of pyridine rings is 1. The average Bonchev–Trinajstić information content (AvgIpc) is 2.61. The molecule has 1 aromatic heterocycles. The van der Waals surface area contributed by atoms with E-state index in [0.29, 0.717) is 18.7 Å². The molecule has 3 rings (SSSR count). The molecule has 1 aliphatic heterocycles. The van der Waals surface area contributed by atoms with Gasteiger partial charge in [0.15, 0.2) is 0 Å². The number of carbonyl (C=O) groups is 1. The quantitative estimate of drug-likeness (QED) is 0.830. The van der Waals surface area contributed by atoms with Gasteiger partial charge in [0.2, 0.25) is 0 Å².